The van der Waals surface area contributed by atoms with Gasteiger partial charge in [0.15, 0.2) is 0 Å². The van der Waals surface area contributed by atoms with Crippen molar-refractivity contribution in [2.45, 2.75) is 26.3 Å². The van der Waals surface area contributed by atoms with Crippen LogP contribution in [0.15, 0.2) is 0 Å². The maximum atomic E-state index is 3.20. The van der Waals surface area contributed by atoms with E-state index in [1.807, 2.05) is 7.05 Å². The number of nitrogens with one attached hydrogen (secondary N) is 1. The van der Waals surface area contributed by atoms with Crippen LogP contribution in [0.4, 0.5) is 0 Å². The summed E-state index contributed by atoms with van der Waals surface area (Å²) < 4.78 is 0. The van der Waals surface area contributed by atoms with Gasteiger partial charge in [0, 0.05) is 5.54 Å². The molecule has 0 aliphatic carbocycles. The molecular formula is C10H24N4. The van der Waals surface area contributed by atoms with Crippen LogP contribution in [0, 0.1) is 0 Å². The van der Waals surface area contributed by atoms with Crippen molar-refractivity contribution in [2.24, 2.45) is 0 Å². The third kappa shape index (κ3) is 3.20. The fourth-order valence-corrected chi connectivity index (χ4v) is 1.76. The Bertz CT molecular complexity index is 175. The topological polar surface area (TPSA) is 21.8 Å². The van der Waals surface area contributed by atoms with Crippen LogP contribution in [0.3, 0.4) is 0 Å². The normalized spacial score (nSPS) is 22.9. The van der Waals surface area contributed by atoms with Gasteiger partial charge >= 0.3 is 0 Å². The van der Waals surface area contributed by atoms with Crippen molar-refractivity contribution >= 4 is 0 Å². The number of nitrogens with zero attached hydrogens (tertiary/aromatic N) is 3. The molecule has 0 aromatic rings. The lowest BCUT2D eigenvalue weighted by Gasteiger charge is -2.46. The van der Waals surface area contributed by atoms with E-state index in [4.69, 9.17) is 0 Å². The van der Waals surface area contributed by atoms with Crippen LogP contribution in [0.1, 0.15) is 20.8 Å². The molecular weight excluding hydrogens is 176 g/mol. The molecule has 0 aromatic carbocycles. The van der Waals surface area contributed by atoms with Crippen LogP contribution in [-0.4, -0.2) is 61.0 Å². The highest BCUT2D eigenvalue weighted by atomic mass is 15.5. The smallest absolute Gasteiger partial charge is 0.0547 e. The molecule has 0 unspecified atom stereocenters. The van der Waals surface area contributed by atoms with E-state index in [1.165, 1.54) is 0 Å². The van der Waals surface area contributed by atoms with Crippen molar-refractivity contribution in [3.05, 3.63) is 0 Å². The summed E-state index contributed by atoms with van der Waals surface area (Å²) >= 11 is 0. The zero-order chi connectivity index (χ0) is 10.8. The minimum Gasteiger partial charge on any atom is -0.307 e. The van der Waals surface area contributed by atoms with Gasteiger partial charge in [0.05, 0.1) is 26.7 Å². The molecule has 0 bridgehead atoms. The second-order valence-electron chi connectivity index (χ2n) is 5.17. The van der Waals surface area contributed by atoms with E-state index in [0.717, 1.165) is 26.7 Å². The highest BCUT2D eigenvalue weighted by Gasteiger charge is 2.28. The summed E-state index contributed by atoms with van der Waals surface area (Å²) in [4.78, 5) is 7.22. The van der Waals surface area contributed by atoms with Crippen LogP contribution in [0.25, 0.3) is 0 Å². The van der Waals surface area contributed by atoms with Gasteiger partial charge in [-0.3, -0.25) is 14.7 Å². The van der Waals surface area contributed by atoms with E-state index in [0.29, 0.717) is 0 Å². The van der Waals surface area contributed by atoms with Crippen LogP contribution in [0.2, 0.25) is 0 Å². The van der Waals surface area contributed by atoms with Gasteiger partial charge < -0.3 is 5.32 Å². The first kappa shape index (κ1) is 11.9. The first-order chi connectivity index (χ1) is 6.43. The van der Waals surface area contributed by atoms with Crippen LogP contribution in [-0.2, 0) is 0 Å². The maximum absolute atomic E-state index is 3.20. The van der Waals surface area contributed by atoms with Gasteiger partial charge in [-0.25, -0.2) is 0 Å². The van der Waals surface area contributed by atoms with Crippen LogP contribution >= 0.6 is 0 Å². The van der Waals surface area contributed by atoms with Crippen molar-refractivity contribution in [1.82, 2.24) is 20.0 Å². The summed E-state index contributed by atoms with van der Waals surface area (Å²) in [7, 11) is 4.16. The minimum absolute atomic E-state index is 0.251. The average Bonchev–Trinajstić information content (AvgIpc) is 2.02. The third-order valence-corrected chi connectivity index (χ3v) is 2.55. The SMILES string of the molecule is CNCN1CN(C)CN(C(C)(C)C)C1. The van der Waals surface area contributed by atoms with E-state index >= 15 is 0 Å². The lowest BCUT2D eigenvalue weighted by Crippen LogP contribution is -2.60. The quantitative estimate of drug-likeness (QED) is 0.696. The summed E-state index contributed by atoms with van der Waals surface area (Å²) in [6, 6.07) is 0. The fourth-order valence-electron chi connectivity index (χ4n) is 1.76. The molecule has 1 aliphatic heterocycles. The summed E-state index contributed by atoms with van der Waals surface area (Å²) in [5, 5.41) is 3.20. The first-order valence-electron chi connectivity index (χ1n) is 5.24. The monoisotopic (exact) mass is 200 g/mol. The molecule has 1 fully saturated rings. The number of hydrogen-bond acceptors (Lipinski definition) is 4. The summed E-state index contributed by atoms with van der Waals surface area (Å²) in [5.74, 6) is 0. The zero-order valence-electron chi connectivity index (χ0n) is 10.2. The van der Waals surface area contributed by atoms with E-state index in [9.17, 15) is 0 Å². The molecule has 0 atom stereocenters. The van der Waals surface area contributed by atoms with Crippen molar-refractivity contribution < 1.29 is 0 Å². The third-order valence-electron chi connectivity index (χ3n) is 2.55. The van der Waals surface area contributed by atoms with Crippen LogP contribution < -0.4 is 5.32 Å². The largest absolute Gasteiger partial charge is 0.307 e. The fraction of sp³-hybridized carbons (Fsp3) is 1.00. The van der Waals surface area contributed by atoms with Crippen LogP contribution in [0.5, 0.6) is 0 Å². The molecule has 0 spiro atoms. The van der Waals surface area contributed by atoms with E-state index in [-0.39, 0.29) is 5.54 Å². The lowest BCUT2D eigenvalue weighted by molar-refractivity contribution is -0.0613. The molecule has 4 heteroatoms. The second-order valence-corrected chi connectivity index (χ2v) is 5.17. The Kier molecular flexibility index (Phi) is 3.89. The Hall–Kier alpha value is -0.160. The Morgan fingerprint density at radius 1 is 1.14 bits per heavy atom. The van der Waals surface area contributed by atoms with Gasteiger partial charge in [-0.1, -0.05) is 0 Å². The minimum atomic E-state index is 0.251. The summed E-state index contributed by atoms with van der Waals surface area (Å²) in [6.45, 7) is 10.9. The molecule has 0 radical (unpaired) electrons. The predicted octanol–water partition coefficient (Wildman–Crippen LogP) is 0.384. The number of rotatable bonds is 2. The van der Waals surface area contributed by atoms with Crippen molar-refractivity contribution in [3.8, 4) is 0 Å². The Balaban J connectivity index is 2.54. The Labute approximate surface area is 87.8 Å². The molecule has 1 saturated heterocycles. The van der Waals surface area contributed by atoms with Crippen molar-refractivity contribution in [3.63, 3.8) is 0 Å². The highest BCUT2D eigenvalue weighted by molar-refractivity contribution is 4.78. The van der Waals surface area contributed by atoms with Gasteiger partial charge in [0.2, 0.25) is 0 Å². The first-order valence-corrected chi connectivity index (χ1v) is 5.24. The molecule has 0 saturated carbocycles. The van der Waals surface area contributed by atoms with Gasteiger partial charge in [0.1, 0.15) is 0 Å². The maximum Gasteiger partial charge on any atom is 0.0547 e. The van der Waals surface area contributed by atoms with Crippen molar-refractivity contribution in [2.75, 3.05) is 40.8 Å². The summed E-state index contributed by atoms with van der Waals surface area (Å²) in [6.07, 6.45) is 0. The van der Waals surface area contributed by atoms with E-state index < -0.39 is 0 Å². The molecule has 0 amide bonds. The van der Waals surface area contributed by atoms with Gasteiger partial charge in [-0.15, -0.1) is 0 Å². The van der Waals surface area contributed by atoms with E-state index in [1.54, 1.807) is 0 Å². The number of hydrogen-bond donors (Lipinski definition) is 1. The zero-order valence-corrected chi connectivity index (χ0v) is 10.2. The molecule has 1 heterocycles. The standard InChI is InChI=1S/C10H24N4/c1-10(2,3)14-8-12(5)7-13(9-14)6-11-4/h11H,6-9H2,1-5H3. The Morgan fingerprint density at radius 3 is 2.29 bits per heavy atom. The van der Waals surface area contributed by atoms with Gasteiger partial charge in [-0.05, 0) is 34.9 Å². The van der Waals surface area contributed by atoms with Gasteiger partial charge in [0.25, 0.3) is 0 Å². The molecule has 14 heavy (non-hydrogen) atoms. The molecule has 84 valence electrons. The molecule has 1 aliphatic rings. The molecule has 1 rings (SSSR count). The predicted molar refractivity (Wildman–Crippen MR) is 59.7 cm³/mol. The summed E-state index contributed by atoms with van der Waals surface area (Å²) in [5.41, 5.74) is 0.251. The van der Waals surface area contributed by atoms with Crippen molar-refractivity contribution in [1.29, 1.82) is 0 Å². The lowest BCUT2D eigenvalue weighted by atomic mass is 10.1. The van der Waals surface area contributed by atoms with Gasteiger partial charge in [-0.2, -0.15) is 0 Å². The van der Waals surface area contributed by atoms with E-state index in [2.05, 4.69) is 47.8 Å². The molecule has 1 N–H and O–H groups in total. The highest BCUT2D eigenvalue weighted by Crippen LogP contribution is 2.17. The average molecular weight is 200 g/mol. The Morgan fingerprint density at radius 2 is 1.79 bits per heavy atom. The second kappa shape index (κ2) is 4.57. The molecule has 0 aromatic heterocycles. The molecule has 4 nitrogen and oxygen atoms in total.